The van der Waals surface area contributed by atoms with Gasteiger partial charge in [0.2, 0.25) is 11.0 Å². The van der Waals surface area contributed by atoms with Crippen LogP contribution in [0.5, 0.6) is 11.5 Å². The predicted octanol–water partition coefficient (Wildman–Crippen LogP) is 3.42. The Labute approximate surface area is 161 Å². The summed E-state index contributed by atoms with van der Waals surface area (Å²) >= 11 is 0. The van der Waals surface area contributed by atoms with Crippen molar-refractivity contribution in [2.75, 3.05) is 18.9 Å². The fraction of sp³-hybridized carbons (Fsp3) is 0.333. The fourth-order valence-electron chi connectivity index (χ4n) is 2.81. The molecule has 4 rings (SSSR count). The number of nitrogens with zero attached hydrogens (tertiary/aromatic N) is 2. The Morgan fingerprint density at radius 1 is 1.04 bits per heavy atom. The second kappa shape index (κ2) is 7.19. The van der Waals surface area contributed by atoms with Crippen LogP contribution < -0.4 is 14.2 Å². The van der Waals surface area contributed by atoms with E-state index in [1.807, 2.05) is 0 Å². The van der Waals surface area contributed by atoms with Crippen LogP contribution in [0.25, 0.3) is 11.7 Å². The summed E-state index contributed by atoms with van der Waals surface area (Å²) in [6, 6.07) is 7.53. The van der Waals surface area contributed by atoms with Crippen molar-refractivity contribution < 1.29 is 26.7 Å². The van der Waals surface area contributed by atoms with Crippen LogP contribution >= 0.6 is 0 Å². The van der Waals surface area contributed by atoms with E-state index in [9.17, 15) is 8.42 Å². The Balaban J connectivity index is 1.56. The van der Waals surface area contributed by atoms with Gasteiger partial charge in [-0.1, -0.05) is 6.42 Å². The standard InChI is InChI=1S/C18H19N3O6S/c1-24-13-8-12(9-14(10-13)25-2)21-28(22,23)16-7-6-15(26-16)18-20-19-17(27-18)11-4-3-5-11/h6-11,21H,3-5H2,1-2H3. The number of furan rings is 1. The summed E-state index contributed by atoms with van der Waals surface area (Å²) in [7, 11) is -1.01. The van der Waals surface area contributed by atoms with E-state index in [0.717, 1.165) is 19.3 Å². The van der Waals surface area contributed by atoms with Crippen LogP contribution in [0, 0.1) is 0 Å². The van der Waals surface area contributed by atoms with Gasteiger partial charge in [0.1, 0.15) is 11.5 Å². The van der Waals surface area contributed by atoms with E-state index >= 15 is 0 Å². The van der Waals surface area contributed by atoms with Gasteiger partial charge >= 0.3 is 0 Å². The lowest BCUT2D eigenvalue weighted by atomic mass is 9.85. The van der Waals surface area contributed by atoms with Gasteiger partial charge in [0.25, 0.3) is 15.9 Å². The second-order valence-electron chi connectivity index (χ2n) is 6.40. The average molecular weight is 405 g/mol. The third-order valence-electron chi connectivity index (χ3n) is 4.56. The molecule has 9 nitrogen and oxygen atoms in total. The van der Waals surface area contributed by atoms with Gasteiger partial charge in [-0.25, -0.2) is 0 Å². The first-order valence-electron chi connectivity index (χ1n) is 8.68. The molecular weight excluding hydrogens is 386 g/mol. The first-order chi connectivity index (χ1) is 13.5. The van der Waals surface area contributed by atoms with Crippen molar-refractivity contribution in [1.29, 1.82) is 0 Å². The van der Waals surface area contributed by atoms with Gasteiger partial charge in [-0.2, -0.15) is 8.42 Å². The lowest BCUT2D eigenvalue weighted by molar-refractivity contribution is 0.334. The van der Waals surface area contributed by atoms with Gasteiger partial charge in [-0.15, -0.1) is 10.2 Å². The lowest BCUT2D eigenvalue weighted by Gasteiger charge is -2.20. The maximum atomic E-state index is 12.7. The summed E-state index contributed by atoms with van der Waals surface area (Å²) in [5.74, 6) is 2.10. The van der Waals surface area contributed by atoms with Crippen LogP contribution in [-0.2, 0) is 10.0 Å². The monoisotopic (exact) mass is 405 g/mol. The van der Waals surface area contributed by atoms with E-state index in [2.05, 4.69) is 14.9 Å². The van der Waals surface area contributed by atoms with Crippen LogP contribution in [0.3, 0.4) is 0 Å². The predicted molar refractivity (Wildman–Crippen MR) is 98.9 cm³/mol. The molecule has 148 valence electrons. The van der Waals surface area contributed by atoms with Gasteiger partial charge in [-0.05, 0) is 25.0 Å². The molecule has 0 bridgehead atoms. The number of sulfonamides is 1. The summed E-state index contributed by atoms with van der Waals surface area (Å²) in [5, 5.41) is 7.71. The topological polar surface area (TPSA) is 117 Å². The van der Waals surface area contributed by atoms with E-state index < -0.39 is 10.0 Å². The van der Waals surface area contributed by atoms with E-state index in [1.54, 1.807) is 6.07 Å². The Kier molecular flexibility index (Phi) is 4.71. The van der Waals surface area contributed by atoms with Crippen molar-refractivity contribution >= 4 is 15.7 Å². The summed E-state index contributed by atoms with van der Waals surface area (Å²) in [5.41, 5.74) is 0.277. The molecule has 0 unspecified atom stereocenters. The van der Waals surface area contributed by atoms with E-state index in [1.165, 1.54) is 38.5 Å². The van der Waals surface area contributed by atoms with Gasteiger partial charge in [-0.3, -0.25) is 4.72 Å². The number of nitrogens with one attached hydrogen (secondary N) is 1. The zero-order valence-electron chi connectivity index (χ0n) is 15.3. The normalized spacial score (nSPS) is 14.5. The average Bonchev–Trinajstić information content (AvgIpc) is 3.29. The van der Waals surface area contributed by atoms with E-state index in [4.69, 9.17) is 18.3 Å². The zero-order chi connectivity index (χ0) is 19.7. The Morgan fingerprint density at radius 2 is 1.75 bits per heavy atom. The van der Waals surface area contributed by atoms with Crippen LogP contribution in [-0.4, -0.2) is 32.8 Å². The van der Waals surface area contributed by atoms with Crippen LogP contribution in [0.4, 0.5) is 5.69 Å². The van der Waals surface area contributed by atoms with Crippen molar-refractivity contribution in [3.8, 4) is 23.1 Å². The molecule has 3 aromatic rings. The first kappa shape index (κ1) is 18.4. The van der Waals surface area contributed by atoms with Gasteiger partial charge in [0.15, 0.2) is 5.76 Å². The Bertz CT molecular complexity index is 1060. The van der Waals surface area contributed by atoms with Crippen LogP contribution in [0.15, 0.2) is 44.3 Å². The molecule has 1 aliphatic carbocycles. The number of aromatic nitrogens is 2. The molecule has 1 fully saturated rings. The quantitative estimate of drug-likeness (QED) is 0.635. The number of hydrogen-bond acceptors (Lipinski definition) is 8. The molecule has 0 aliphatic heterocycles. The highest BCUT2D eigenvalue weighted by molar-refractivity contribution is 7.92. The van der Waals surface area contributed by atoms with Crippen LogP contribution in [0.2, 0.25) is 0 Å². The molecule has 0 saturated heterocycles. The number of rotatable bonds is 7. The molecule has 1 aromatic carbocycles. The van der Waals surface area contributed by atoms with Gasteiger partial charge in [0, 0.05) is 24.1 Å². The minimum absolute atomic E-state index is 0.159. The lowest BCUT2D eigenvalue weighted by Crippen LogP contribution is -2.12. The molecule has 0 atom stereocenters. The largest absolute Gasteiger partial charge is 0.497 e. The third kappa shape index (κ3) is 3.55. The maximum absolute atomic E-state index is 12.7. The number of ether oxygens (including phenoxy) is 2. The summed E-state index contributed by atoms with van der Waals surface area (Å²) in [6.45, 7) is 0. The third-order valence-corrected chi connectivity index (χ3v) is 5.81. The van der Waals surface area contributed by atoms with Crippen molar-refractivity contribution in [3.05, 3.63) is 36.2 Å². The second-order valence-corrected chi connectivity index (χ2v) is 8.01. The summed E-state index contributed by atoms with van der Waals surface area (Å²) in [6.07, 6.45) is 3.19. The van der Waals surface area contributed by atoms with E-state index in [0.29, 0.717) is 17.4 Å². The summed E-state index contributed by atoms with van der Waals surface area (Å²) in [4.78, 5) is 0. The number of hydrogen-bond donors (Lipinski definition) is 1. The minimum Gasteiger partial charge on any atom is -0.497 e. The highest BCUT2D eigenvalue weighted by Gasteiger charge is 2.27. The zero-order valence-corrected chi connectivity index (χ0v) is 16.2. The molecule has 0 spiro atoms. The Hall–Kier alpha value is -3.01. The summed E-state index contributed by atoms with van der Waals surface area (Å²) < 4.78 is 49.1. The molecule has 1 saturated carbocycles. The minimum atomic E-state index is -3.97. The van der Waals surface area contributed by atoms with Crippen molar-refractivity contribution in [1.82, 2.24) is 10.2 Å². The van der Waals surface area contributed by atoms with Gasteiger partial charge < -0.3 is 18.3 Å². The van der Waals surface area contributed by atoms with Crippen molar-refractivity contribution in [2.24, 2.45) is 0 Å². The first-order valence-corrected chi connectivity index (χ1v) is 10.2. The molecule has 0 radical (unpaired) electrons. The number of benzene rings is 1. The maximum Gasteiger partial charge on any atom is 0.295 e. The molecule has 2 heterocycles. The smallest absolute Gasteiger partial charge is 0.295 e. The molecule has 1 aliphatic rings. The SMILES string of the molecule is COc1cc(NS(=O)(=O)c2ccc(-c3nnc(C4CCC4)o3)o2)cc(OC)c1. The molecule has 1 N–H and O–H groups in total. The van der Waals surface area contributed by atoms with Crippen molar-refractivity contribution in [3.63, 3.8) is 0 Å². The number of anilines is 1. The Morgan fingerprint density at radius 3 is 2.36 bits per heavy atom. The van der Waals surface area contributed by atoms with Gasteiger partial charge in [0.05, 0.1) is 19.9 Å². The molecule has 2 aromatic heterocycles. The highest BCUT2D eigenvalue weighted by atomic mass is 32.2. The molecule has 0 amide bonds. The van der Waals surface area contributed by atoms with Crippen molar-refractivity contribution in [2.45, 2.75) is 30.3 Å². The molecule has 10 heteroatoms. The molecule has 28 heavy (non-hydrogen) atoms. The van der Waals surface area contributed by atoms with Crippen LogP contribution in [0.1, 0.15) is 31.1 Å². The molecular formula is C18H19N3O6S. The van der Waals surface area contributed by atoms with E-state index in [-0.39, 0.29) is 28.3 Å². The fourth-order valence-corrected chi connectivity index (χ4v) is 3.78. The number of methoxy groups -OCH3 is 2. The highest BCUT2D eigenvalue weighted by Crippen LogP contribution is 2.37.